The van der Waals surface area contributed by atoms with Crippen LogP contribution in [-0.4, -0.2) is 59.1 Å². The number of carboxylic acids is 2. The number of ketones is 1. The second-order valence-corrected chi connectivity index (χ2v) is 7.22. The molecule has 0 atom stereocenters. The minimum Gasteiger partial charge on any atom is -0.492 e. The fourth-order valence-corrected chi connectivity index (χ4v) is 2.92. The number of carbonyl (C=O) groups excluding carboxylic acids is 1. The van der Waals surface area contributed by atoms with Gasteiger partial charge in [0.15, 0.2) is 5.78 Å². The molecule has 2 N–H and O–H groups in total. The van der Waals surface area contributed by atoms with Crippen LogP contribution >= 0.6 is 23.2 Å². The van der Waals surface area contributed by atoms with Crippen LogP contribution in [0, 0.1) is 0 Å². The van der Waals surface area contributed by atoms with Crippen LogP contribution in [0.15, 0.2) is 48.5 Å². The molecule has 0 saturated heterocycles. The number of hydrogen-bond donors (Lipinski definition) is 2. The van der Waals surface area contributed by atoms with Crippen LogP contribution in [0.1, 0.15) is 29.8 Å². The van der Waals surface area contributed by atoms with E-state index >= 15 is 0 Å². The quantitative estimate of drug-likeness (QED) is 0.302. The second kappa shape index (κ2) is 14.2. The van der Waals surface area contributed by atoms with E-state index in [9.17, 15) is 4.79 Å². The molecule has 0 bridgehead atoms. The monoisotopic (exact) mass is 481 g/mol. The van der Waals surface area contributed by atoms with E-state index in [1.165, 1.54) is 6.08 Å². The van der Waals surface area contributed by atoms with Crippen molar-refractivity contribution < 1.29 is 29.3 Å². The Morgan fingerprint density at radius 2 is 1.56 bits per heavy atom. The zero-order valence-electron chi connectivity index (χ0n) is 17.8. The predicted molar refractivity (Wildman–Crippen MR) is 125 cm³/mol. The third kappa shape index (κ3) is 9.96. The zero-order valence-corrected chi connectivity index (χ0v) is 19.3. The molecule has 0 amide bonds. The predicted octanol–water partition coefficient (Wildman–Crippen LogP) is 4.77. The van der Waals surface area contributed by atoms with Crippen molar-refractivity contribution >= 4 is 47.0 Å². The molecule has 0 fully saturated rings. The summed E-state index contributed by atoms with van der Waals surface area (Å²) in [5.41, 5.74) is 1.35. The Kier molecular flexibility index (Phi) is 12.1. The molecule has 32 heavy (non-hydrogen) atoms. The number of carbonyl (C=O) groups is 3. The summed E-state index contributed by atoms with van der Waals surface area (Å²) in [5, 5.41) is 15.9. The highest BCUT2D eigenvalue weighted by Gasteiger charge is 2.05. The van der Waals surface area contributed by atoms with Crippen LogP contribution in [0.25, 0.3) is 6.08 Å². The van der Waals surface area contributed by atoms with E-state index < -0.39 is 11.9 Å². The maximum Gasteiger partial charge on any atom is 0.414 e. The van der Waals surface area contributed by atoms with Gasteiger partial charge in [-0.1, -0.05) is 43.1 Å². The van der Waals surface area contributed by atoms with Crippen molar-refractivity contribution in [2.75, 3.05) is 26.2 Å². The van der Waals surface area contributed by atoms with Crippen molar-refractivity contribution in [2.24, 2.45) is 0 Å². The van der Waals surface area contributed by atoms with Gasteiger partial charge in [0, 0.05) is 22.2 Å². The average Bonchev–Trinajstić information content (AvgIpc) is 2.76. The summed E-state index contributed by atoms with van der Waals surface area (Å²) in [5.74, 6) is -2.98. The van der Waals surface area contributed by atoms with E-state index in [1.807, 2.05) is 12.1 Å². The number of halogens is 2. The van der Waals surface area contributed by atoms with Gasteiger partial charge >= 0.3 is 11.9 Å². The second-order valence-electron chi connectivity index (χ2n) is 6.37. The standard InChI is InChI=1S/C21H23Cl2NO2.C2H2O4/c1-3-24(4-2)13-14-26-19-10-6-17(7-11-19)21(25)12-8-16-5-9-18(22)15-20(16)23;3-1(4)2(5)6/h5-12,15H,3-4,13-14H2,1-2H3;(H,3,4)(H,5,6). The van der Waals surface area contributed by atoms with Crippen LogP contribution in [0.3, 0.4) is 0 Å². The lowest BCUT2D eigenvalue weighted by Gasteiger charge is -2.17. The molecule has 0 aliphatic heterocycles. The molecule has 0 saturated carbocycles. The minimum absolute atomic E-state index is 0.0919. The average molecular weight is 482 g/mol. The lowest BCUT2D eigenvalue weighted by molar-refractivity contribution is -0.159. The summed E-state index contributed by atoms with van der Waals surface area (Å²) in [7, 11) is 0. The Balaban J connectivity index is 0.000000751. The molecule has 0 aliphatic rings. The number of nitrogens with zero attached hydrogens (tertiary/aromatic N) is 1. The molecule has 2 rings (SSSR count). The Bertz CT molecular complexity index is 928. The molecule has 0 heterocycles. The highest BCUT2D eigenvalue weighted by molar-refractivity contribution is 6.35. The molecule has 7 nitrogen and oxygen atoms in total. The summed E-state index contributed by atoms with van der Waals surface area (Å²) in [6.45, 7) is 7.81. The number of hydrogen-bond acceptors (Lipinski definition) is 5. The van der Waals surface area contributed by atoms with Crippen molar-refractivity contribution in [3.63, 3.8) is 0 Å². The first-order valence-corrected chi connectivity index (χ1v) is 10.5. The van der Waals surface area contributed by atoms with E-state index in [0.29, 0.717) is 22.2 Å². The largest absolute Gasteiger partial charge is 0.492 e. The number of likely N-dealkylation sites (N-methyl/N-ethyl adjacent to an activating group) is 1. The Morgan fingerprint density at radius 3 is 2.06 bits per heavy atom. The first kappa shape index (κ1) is 27.2. The van der Waals surface area contributed by atoms with Gasteiger partial charge in [-0.25, -0.2) is 9.59 Å². The maximum absolute atomic E-state index is 12.3. The number of ether oxygens (including phenoxy) is 1. The topological polar surface area (TPSA) is 104 Å². The van der Waals surface area contributed by atoms with Crippen molar-refractivity contribution in [1.29, 1.82) is 0 Å². The van der Waals surface area contributed by atoms with Gasteiger partial charge in [-0.15, -0.1) is 0 Å². The Morgan fingerprint density at radius 1 is 0.969 bits per heavy atom. The SMILES string of the molecule is CCN(CC)CCOc1ccc(C(=O)C=Cc2ccc(Cl)cc2Cl)cc1.O=C(O)C(=O)O. The van der Waals surface area contributed by atoms with Crippen LogP contribution in [0.4, 0.5) is 0 Å². The van der Waals surface area contributed by atoms with Gasteiger partial charge in [0.25, 0.3) is 0 Å². The first-order valence-electron chi connectivity index (χ1n) is 9.76. The van der Waals surface area contributed by atoms with E-state index in [4.69, 9.17) is 47.7 Å². The van der Waals surface area contributed by atoms with E-state index in [2.05, 4.69) is 18.7 Å². The third-order valence-corrected chi connectivity index (χ3v) is 4.83. The highest BCUT2D eigenvalue weighted by atomic mass is 35.5. The number of rotatable bonds is 9. The van der Waals surface area contributed by atoms with Crippen LogP contribution < -0.4 is 4.74 Å². The molecular formula is C23H25Cl2NO6. The lowest BCUT2D eigenvalue weighted by atomic mass is 10.1. The molecule has 2 aromatic carbocycles. The van der Waals surface area contributed by atoms with Crippen LogP contribution in [0.5, 0.6) is 5.75 Å². The minimum atomic E-state index is -1.82. The number of carboxylic acid groups (broad SMARTS) is 2. The number of allylic oxidation sites excluding steroid dienone is 1. The molecule has 2 aromatic rings. The highest BCUT2D eigenvalue weighted by Crippen LogP contribution is 2.22. The smallest absolute Gasteiger partial charge is 0.414 e. The fourth-order valence-electron chi connectivity index (χ4n) is 2.45. The molecular weight excluding hydrogens is 457 g/mol. The number of benzene rings is 2. The van der Waals surface area contributed by atoms with Gasteiger partial charge in [-0.3, -0.25) is 4.79 Å². The molecule has 0 aliphatic carbocycles. The fraction of sp³-hybridized carbons (Fsp3) is 0.261. The summed E-state index contributed by atoms with van der Waals surface area (Å²) in [4.78, 5) is 32.8. The van der Waals surface area contributed by atoms with Gasteiger partial charge in [0.05, 0.1) is 0 Å². The Labute approximate surface area is 196 Å². The number of aliphatic carboxylic acids is 2. The summed E-state index contributed by atoms with van der Waals surface area (Å²) in [6.07, 6.45) is 3.20. The molecule has 0 aromatic heterocycles. The van der Waals surface area contributed by atoms with Gasteiger partial charge < -0.3 is 19.8 Å². The summed E-state index contributed by atoms with van der Waals surface area (Å²) < 4.78 is 5.73. The van der Waals surface area contributed by atoms with E-state index in [0.717, 1.165) is 30.9 Å². The lowest BCUT2D eigenvalue weighted by Crippen LogP contribution is -2.27. The van der Waals surface area contributed by atoms with E-state index in [1.54, 1.807) is 36.4 Å². The normalized spacial score (nSPS) is 10.5. The Hall–Kier alpha value is -2.87. The zero-order chi connectivity index (χ0) is 24.1. The van der Waals surface area contributed by atoms with Crippen molar-refractivity contribution in [1.82, 2.24) is 4.90 Å². The third-order valence-electron chi connectivity index (χ3n) is 4.27. The van der Waals surface area contributed by atoms with Gasteiger partial charge in [-0.05, 0) is 67.2 Å². The molecule has 0 unspecified atom stereocenters. The molecule has 0 radical (unpaired) electrons. The van der Waals surface area contributed by atoms with Gasteiger partial charge in [0.2, 0.25) is 0 Å². The van der Waals surface area contributed by atoms with Crippen molar-refractivity contribution in [3.8, 4) is 5.75 Å². The molecule has 9 heteroatoms. The van der Waals surface area contributed by atoms with Gasteiger partial charge in [0.1, 0.15) is 12.4 Å². The summed E-state index contributed by atoms with van der Waals surface area (Å²) >= 11 is 12.0. The first-order chi connectivity index (χ1) is 15.2. The van der Waals surface area contributed by atoms with Crippen molar-refractivity contribution in [3.05, 3.63) is 69.7 Å². The summed E-state index contributed by atoms with van der Waals surface area (Å²) in [6, 6.07) is 12.3. The van der Waals surface area contributed by atoms with Crippen molar-refractivity contribution in [2.45, 2.75) is 13.8 Å². The van der Waals surface area contributed by atoms with Crippen LogP contribution in [0.2, 0.25) is 10.0 Å². The molecule has 172 valence electrons. The maximum atomic E-state index is 12.3. The van der Waals surface area contributed by atoms with Gasteiger partial charge in [-0.2, -0.15) is 0 Å². The van der Waals surface area contributed by atoms with E-state index in [-0.39, 0.29) is 5.78 Å². The van der Waals surface area contributed by atoms with Crippen LogP contribution in [-0.2, 0) is 9.59 Å². The molecule has 0 spiro atoms.